The van der Waals surface area contributed by atoms with Crippen molar-refractivity contribution < 1.29 is 14.3 Å². The van der Waals surface area contributed by atoms with Gasteiger partial charge in [0.05, 0.1) is 6.61 Å². The molecule has 1 aromatic rings. The third kappa shape index (κ3) is 3.09. The minimum atomic E-state index is -0.784. The van der Waals surface area contributed by atoms with E-state index in [2.05, 4.69) is 0 Å². The first-order valence-electron chi connectivity index (χ1n) is 5.38. The van der Waals surface area contributed by atoms with Gasteiger partial charge in [-0.3, -0.25) is 4.79 Å². The Morgan fingerprint density at radius 3 is 2.47 bits per heavy atom. The molecule has 0 bridgehead atoms. The highest BCUT2D eigenvalue weighted by molar-refractivity contribution is 7.98. The second-order valence-electron chi connectivity index (χ2n) is 3.67. The van der Waals surface area contributed by atoms with Crippen molar-refractivity contribution in [3.63, 3.8) is 0 Å². The van der Waals surface area contributed by atoms with Crippen LogP contribution >= 0.6 is 11.8 Å². The van der Waals surface area contributed by atoms with E-state index in [0.717, 1.165) is 16.0 Å². The Bertz CT molecular complexity index is 452. The maximum Gasteiger partial charge on any atom is 0.379 e. The van der Waals surface area contributed by atoms with Crippen LogP contribution in [0, 0.1) is 13.8 Å². The zero-order valence-corrected chi connectivity index (χ0v) is 11.3. The Balaban J connectivity index is 3.16. The molecule has 0 saturated carbocycles. The summed E-state index contributed by atoms with van der Waals surface area (Å²) in [4.78, 5) is 24.3. The molecular formula is C13H16O3S. The average Bonchev–Trinajstić information content (AvgIpc) is 2.31. The van der Waals surface area contributed by atoms with Gasteiger partial charge in [0.2, 0.25) is 0 Å². The smallest absolute Gasteiger partial charge is 0.379 e. The van der Waals surface area contributed by atoms with Crippen LogP contribution in [0.1, 0.15) is 28.4 Å². The summed E-state index contributed by atoms with van der Waals surface area (Å²) in [5.74, 6) is -1.35. The molecule has 0 aliphatic heterocycles. The van der Waals surface area contributed by atoms with Crippen molar-refractivity contribution in [3.05, 3.63) is 28.8 Å². The normalized spacial score (nSPS) is 10.1. The summed E-state index contributed by atoms with van der Waals surface area (Å²) in [6.07, 6.45) is 1.93. The molecule has 3 nitrogen and oxygen atoms in total. The fraction of sp³-hybridized carbons (Fsp3) is 0.385. The van der Waals surface area contributed by atoms with Crippen LogP contribution < -0.4 is 0 Å². The number of carbonyl (C=O) groups excluding carboxylic acids is 2. The number of carbonyl (C=O) groups is 2. The van der Waals surface area contributed by atoms with Gasteiger partial charge in [-0.05, 0) is 50.3 Å². The largest absolute Gasteiger partial charge is 0.460 e. The summed E-state index contributed by atoms with van der Waals surface area (Å²) < 4.78 is 4.73. The van der Waals surface area contributed by atoms with Crippen molar-refractivity contribution in [1.29, 1.82) is 0 Å². The van der Waals surface area contributed by atoms with E-state index in [1.165, 1.54) is 0 Å². The third-order valence-corrected chi connectivity index (χ3v) is 3.29. The SMILES string of the molecule is CCOC(=O)C(=O)c1cc(SC)cc(C)c1C. The van der Waals surface area contributed by atoms with Gasteiger partial charge in [0, 0.05) is 10.5 Å². The molecule has 0 atom stereocenters. The number of hydrogen-bond acceptors (Lipinski definition) is 4. The Morgan fingerprint density at radius 1 is 1.29 bits per heavy atom. The number of aryl methyl sites for hydroxylation is 1. The van der Waals surface area contributed by atoms with Crippen LogP contribution in [0.2, 0.25) is 0 Å². The summed E-state index contributed by atoms with van der Waals surface area (Å²) >= 11 is 1.54. The third-order valence-electron chi connectivity index (χ3n) is 2.58. The molecule has 0 aromatic heterocycles. The van der Waals surface area contributed by atoms with Gasteiger partial charge in [-0.15, -0.1) is 11.8 Å². The molecule has 0 unspecified atom stereocenters. The van der Waals surface area contributed by atoms with Gasteiger partial charge in [-0.1, -0.05) is 0 Å². The van der Waals surface area contributed by atoms with E-state index in [1.54, 1.807) is 24.8 Å². The highest BCUT2D eigenvalue weighted by Gasteiger charge is 2.20. The Labute approximate surface area is 106 Å². The number of benzene rings is 1. The molecule has 0 N–H and O–H groups in total. The summed E-state index contributed by atoms with van der Waals surface area (Å²) in [6, 6.07) is 3.74. The molecule has 0 saturated heterocycles. The van der Waals surface area contributed by atoms with Gasteiger partial charge in [-0.2, -0.15) is 0 Å². The van der Waals surface area contributed by atoms with E-state index in [4.69, 9.17) is 4.74 Å². The van der Waals surface area contributed by atoms with Crippen molar-refractivity contribution in [1.82, 2.24) is 0 Å². The van der Waals surface area contributed by atoms with Crippen LogP contribution in [-0.2, 0) is 9.53 Å². The topological polar surface area (TPSA) is 43.4 Å². The van der Waals surface area contributed by atoms with Gasteiger partial charge < -0.3 is 4.74 Å². The van der Waals surface area contributed by atoms with Crippen LogP contribution in [0.5, 0.6) is 0 Å². The molecule has 4 heteroatoms. The van der Waals surface area contributed by atoms with Gasteiger partial charge in [-0.25, -0.2) is 4.79 Å². The standard InChI is InChI=1S/C13H16O3S/c1-5-16-13(15)12(14)11-7-10(17-4)6-8(2)9(11)3/h6-7H,5H2,1-4H3. The average molecular weight is 252 g/mol. The number of esters is 1. The molecular weight excluding hydrogens is 236 g/mol. The number of ketones is 1. The molecule has 17 heavy (non-hydrogen) atoms. The summed E-state index contributed by atoms with van der Waals surface area (Å²) in [5.41, 5.74) is 2.28. The lowest BCUT2D eigenvalue weighted by Gasteiger charge is -2.09. The van der Waals surface area contributed by atoms with Crippen molar-refractivity contribution >= 4 is 23.5 Å². The zero-order valence-electron chi connectivity index (χ0n) is 10.5. The monoisotopic (exact) mass is 252 g/mol. The predicted octanol–water partition coefficient (Wildman–Crippen LogP) is 2.77. The lowest BCUT2D eigenvalue weighted by Crippen LogP contribution is -2.19. The number of ether oxygens (including phenoxy) is 1. The van der Waals surface area contributed by atoms with Crippen LogP contribution in [0.3, 0.4) is 0 Å². The second kappa shape index (κ2) is 5.87. The van der Waals surface area contributed by atoms with E-state index in [1.807, 2.05) is 26.2 Å². The van der Waals surface area contributed by atoms with Crippen molar-refractivity contribution in [2.24, 2.45) is 0 Å². The number of thioether (sulfide) groups is 1. The first-order valence-corrected chi connectivity index (χ1v) is 6.60. The molecule has 92 valence electrons. The van der Waals surface area contributed by atoms with Crippen LogP contribution in [-0.4, -0.2) is 24.6 Å². The molecule has 0 spiro atoms. The maximum absolute atomic E-state index is 11.9. The first-order chi connectivity index (χ1) is 8.01. The molecule has 0 amide bonds. The van der Waals surface area contributed by atoms with E-state index >= 15 is 0 Å². The van der Waals surface area contributed by atoms with Crippen LogP contribution in [0.15, 0.2) is 17.0 Å². The first kappa shape index (κ1) is 13.8. The van der Waals surface area contributed by atoms with Crippen LogP contribution in [0.4, 0.5) is 0 Å². The Morgan fingerprint density at radius 2 is 1.94 bits per heavy atom. The molecule has 0 aliphatic carbocycles. The second-order valence-corrected chi connectivity index (χ2v) is 4.55. The lowest BCUT2D eigenvalue weighted by atomic mass is 10.0. The highest BCUT2D eigenvalue weighted by Crippen LogP contribution is 2.23. The molecule has 0 aliphatic rings. The van der Waals surface area contributed by atoms with E-state index in [0.29, 0.717) is 5.56 Å². The molecule has 1 aromatic carbocycles. The van der Waals surface area contributed by atoms with Gasteiger partial charge in [0.1, 0.15) is 0 Å². The summed E-state index contributed by atoms with van der Waals surface area (Å²) in [5, 5.41) is 0. The van der Waals surface area contributed by atoms with Crippen molar-refractivity contribution in [2.45, 2.75) is 25.7 Å². The van der Waals surface area contributed by atoms with Gasteiger partial charge >= 0.3 is 5.97 Å². The number of hydrogen-bond donors (Lipinski definition) is 0. The highest BCUT2D eigenvalue weighted by atomic mass is 32.2. The minimum Gasteiger partial charge on any atom is -0.460 e. The molecule has 1 rings (SSSR count). The minimum absolute atomic E-state index is 0.213. The number of rotatable bonds is 4. The van der Waals surface area contributed by atoms with Gasteiger partial charge in [0.15, 0.2) is 0 Å². The van der Waals surface area contributed by atoms with E-state index in [-0.39, 0.29) is 6.61 Å². The lowest BCUT2D eigenvalue weighted by molar-refractivity contribution is -0.137. The predicted molar refractivity (Wildman–Crippen MR) is 68.7 cm³/mol. The number of Topliss-reactive ketones (excluding diaryl/α,β-unsaturated/α-hetero) is 1. The summed E-state index contributed by atoms with van der Waals surface area (Å²) in [7, 11) is 0. The van der Waals surface area contributed by atoms with Crippen LogP contribution in [0.25, 0.3) is 0 Å². The maximum atomic E-state index is 11.9. The Hall–Kier alpha value is -1.29. The summed E-state index contributed by atoms with van der Waals surface area (Å²) in [6.45, 7) is 5.66. The zero-order chi connectivity index (χ0) is 13.0. The quantitative estimate of drug-likeness (QED) is 0.358. The molecule has 0 fully saturated rings. The molecule has 0 heterocycles. The van der Waals surface area contributed by atoms with E-state index < -0.39 is 11.8 Å². The fourth-order valence-electron chi connectivity index (χ4n) is 1.49. The van der Waals surface area contributed by atoms with E-state index in [9.17, 15) is 9.59 Å². The fourth-order valence-corrected chi connectivity index (χ4v) is 2.02. The van der Waals surface area contributed by atoms with Crippen molar-refractivity contribution in [3.8, 4) is 0 Å². The molecule has 0 radical (unpaired) electrons. The van der Waals surface area contributed by atoms with Gasteiger partial charge in [0.25, 0.3) is 5.78 Å². The Kier molecular flexibility index (Phi) is 4.75. The van der Waals surface area contributed by atoms with Crippen molar-refractivity contribution in [2.75, 3.05) is 12.9 Å².